The zero-order valence-electron chi connectivity index (χ0n) is 16.1. The van der Waals surface area contributed by atoms with Crippen LogP contribution in [-0.2, 0) is 4.79 Å². The van der Waals surface area contributed by atoms with E-state index in [2.05, 4.69) is 6.92 Å². The number of aliphatic hydroxyl groups excluding tert-OH is 1. The molecular formula is C20H30NO4. The first-order valence-electron chi connectivity index (χ1n) is 8.64. The summed E-state index contributed by atoms with van der Waals surface area (Å²) in [6, 6.07) is 5.83. The summed E-state index contributed by atoms with van der Waals surface area (Å²) in [5, 5.41) is 10.4. The normalized spacial score (nSPS) is 25.0. The average molecular weight is 348 g/mol. The Balaban J connectivity index is 2.45. The topological polar surface area (TPSA) is 59.0 Å². The van der Waals surface area contributed by atoms with Crippen molar-refractivity contribution in [2.45, 2.75) is 52.2 Å². The molecule has 1 aliphatic heterocycles. The van der Waals surface area contributed by atoms with Crippen molar-refractivity contribution in [3.05, 3.63) is 30.7 Å². The quantitative estimate of drug-likeness (QED) is 0.909. The molecular weight excluding hydrogens is 318 g/mol. The van der Waals surface area contributed by atoms with Gasteiger partial charge in [-0.1, -0.05) is 13.0 Å². The summed E-state index contributed by atoms with van der Waals surface area (Å²) < 4.78 is 11.5. The summed E-state index contributed by atoms with van der Waals surface area (Å²) >= 11 is 0. The van der Waals surface area contributed by atoms with E-state index in [0.29, 0.717) is 24.6 Å². The maximum atomic E-state index is 11.8. The van der Waals surface area contributed by atoms with Crippen molar-refractivity contribution in [3.63, 3.8) is 0 Å². The highest BCUT2D eigenvalue weighted by Crippen LogP contribution is 2.47. The zero-order chi connectivity index (χ0) is 19.0. The first-order valence-corrected chi connectivity index (χ1v) is 8.64. The Labute approximate surface area is 150 Å². The van der Waals surface area contributed by atoms with Crippen LogP contribution in [0, 0.1) is 12.3 Å². The highest BCUT2D eigenvalue weighted by Gasteiger charge is 2.47. The standard InChI is InChI=1S/C20H30NO4/c1-13(22)20(6)12-21(14(2)23)11-16(20)15-8-9-17(24-7)18(10-15)25-19(3,4)5/h8-10,13,16,22H,2,11-12H2,1,3-7H3/t13-,16+,20+/m1/s1. The second-order valence-corrected chi connectivity index (χ2v) is 8.13. The average Bonchev–Trinajstić information content (AvgIpc) is 2.85. The van der Waals surface area contributed by atoms with Crippen molar-refractivity contribution >= 4 is 5.91 Å². The molecule has 1 N–H and O–H groups in total. The van der Waals surface area contributed by atoms with Gasteiger partial charge in [-0.3, -0.25) is 4.79 Å². The number of rotatable bonds is 4. The summed E-state index contributed by atoms with van der Waals surface area (Å²) in [4.78, 5) is 13.5. The Morgan fingerprint density at radius 1 is 1.40 bits per heavy atom. The molecule has 1 fully saturated rings. The van der Waals surface area contributed by atoms with Crippen LogP contribution in [0.1, 0.15) is 46.1 Å². The minimum absolute atomic E-state index is 0.00794. The summed E-state index contributed by atoms with van der Waals surface area (Å²) in [6.07, 6.45) is -0.559. The lowest BCUT2D eigenvalue weighted by molar-refractivity contribution is -0.125. The Bertz CT molecular complexity index is 635. The first-order chi connectivity index (χ1) is 11.5. The number of amides is 1. The van der Waals surface area contributed by atoms with Crippen molar-refractivity contribution in [3.8, 4) is 11.5 Å². The molecule has 0 spiro atoms. The van der Waals surface area contributed by atoms with Gasteiger partial charge in [0.15, 0.2) is 11.5 Å². The van der Waals surface area contributed by atoms with Crippen molar-refractivity contribution in [1.29, 1.82) is 0 Å². The van der Waals surface area contributed by atoms with Crippen LogP contribution in [0.5, 0.6) is 11.5 Å². The van der Waals surface area contributed by atoms with Crippen molar-refractivity contribution in [1.82, 2.24) is 4.90 Å². The van der Waals surface area contributed by atoms with Crippen molar-refractivity contribution in [2.24, 2.45) is 5.41 Å². The zero-order valence-corrected chi connectivity index (χ0v) is 16.1. The minimum Gasteiger partial charge on any atom is -0.493 e. The van der Waals surface area contributed by atoms with Gasteiger partial charge >= 0.3 is 0 Å². The van der Waals surface area contributed by atoms with Crippen LogP contribution in [0.2, 0.25) is 0 Å². The van der Waals surface area contributed by atoms with Gasteiger partial charge in [0, 0.05) is 31.3 Å². The summed E-state index contributed by atoms with van der Waals surface area (Å²) in [6.45, 7) is 14.3. The van der Waals surface area contributed by atoms with Crippen molar-refractivity contribution in [2.75, 3.05) is 20.2 Å². The molecule has 1 amide bonds. The van der Waals surface area contributed by atoms with Gasteiger partial charge in [0.2, 0.25) is 5.91 Å². The molecule has 0 bridgehead atoms. The van der Waals surface area contributed by atoms with E-state index in [0.717, 1.165) is 5.56 Å². The van der Waals surface area contributed by atoms with Crippen LogP contribution in [0.4, 0.5) is 0 Å². The largest absolute Gasteiger partial charge is 0.493 e. The van der Waals surface area contributed by atoms with Crippen molar-refractivity contribution < 1.29 is 19.4 Å². The lowest BCUT2D eigenvalue weighted by atomic mass is 9.72. The number of ether oxygens (including phenoxy) is 2. The predicted molar refractivity (Wildman–Crippen MR) is 97.8 cm³/mol. The van der Waals surface area contributed by atoms with Crippen LogP contribution in [0.15, 0.2) is 18.2 Å². The smallest absolute Gasteiger partial charge is 0.223 e. The number of carbonyl (C=O) groups is 1. The molecule has 1 heterocycles. The predicted octanol–water partition coefficient (Wildman–Crippen LogP) is 3.02. The van der Waals surface area contributed by atoms with E-state index in [-0.39, 0.29) is 17.4 Å². The molecule has 0 unspecified atom stereocenters. The number of nitrogens with zero attached hydrogens (tertiary/aromatic N) is 1. The van der Waals surface area contributed by atoms with E-state index in [1.54, 1.807) is 18.9 Å². The van der Waals surface area contributed by atoms with E-state index in [1.165, 1.54) is 0 Å². The highest BCUT2D eigenvalue weighted by molar-refractivity contribution is 5.80. The Morgan fingerprint density at radius 2 is 2.04 bits per heavy atom. The third-order valence-electron chi connectivity index (χ3n) is 5.04. The summed E-state index contributed by atoms with van der Waals surface area (Å²) in [7, 11) is 1.61. The molecule has 0 aromatic heterocycles. The lowest BCUT2D eigenvalue weighted by Crippen LogP contribution is -2.37. The Hall–Kier alpha value is -1.75. The molecule has 1 aromatic rings. The molecule has 3 atom stereocenters. The van der Waals surface area contributed by atoms with Gasteiger partial charge in [0.1, 0.15) is 5.60 Å². The fourth-order valence-corrected chi connectivity index (χ4v) is 3.43. The molecule has 5 nitrogen and oxygen atoms in total. The summed E-state index contributed by atoms with van der Waals surface area (Å²) in [5.74, 6) is 1.11. The Morgan fingerprint density at radius 3 is 2.52 bits per heavy atom. The monoisotopic (exact) mass is 348 g/mol. The molecule has 1 aromatic carbocycles. The molecule has 25 heavy (non-hydrogen) atoms. The third kappa shape index (κ3) is 4.09. The fraction of sp³-hybridized carbons (Fsp3) is 0.600. The number of aliphatic hydroxyl groups is 1. The number of likely N-dealkylation sites (tertiary alicyclic amines) is 1. The van der Waals surface area contributed by atoms with Crippen LogP contribution in [0.25, 0.3) is 0 Å². The molecule has 1 radical (unpaired) electrons. The van der Waals surface area contributed by atoms with Gasteiger partial charge in [0.05, 0.1) is 13.2 Å². The molecule has 1 saturated heterocycles. The van der Waals surface area contributed by atoms with Gasteiger partial charge in [-0.15, -0.1) is 0 Å². The van der Waals surface area contributed by atoms with Gasteiger partial charge in [-0.2, -0.15) is 0 Å². The molecule has 2 rings (SSSR count). The highest BCUT2D eigenvalue weighted by atomic mass is 16.5. The van der Waals surface area contributed by atoms with E-state index < -0.39 is 11.5 Å². The van der Waals surface area contributed by atoms with Crippen LogP contribution in [-0.4, -0.2) is 47.8 Å². The number of hydrogen-bond acceptors (Lipinski definition) is 4. The van der Waals surface area contributed by atoms with Gasteiger partial charge in [-0.25, -0.2) is 0 Å². The summed E-state index contributed by atoms with van der Waals surface area (Å²) in [5.41, 5.74) is 0.220. The maximum Gasteiger partial charge on any atom is 0.223 e. The Kier molecular flexibility index (Phi) is 5.38. The van der Waals surface area contributed by atoms with Crippen LogP contribution < -0.4 is 9.47 Å². The molecule has 139 valence electrons. The van der Waals surface area contributed by atoms with E-state index in [1.807, 2.05) is 45.9 Å². The SMILES string of the molecule is [CH2]C(=O)N1C[C@@H](c2ccc(OC)c(OC(C)(C)C)c2)[C@](C)([C@@H](C)O)C1. The lowest BCUT2D eigenvalue weighted by Gasteiger charge is -2.34. The molecule has 0 saturated carbocycles. The fourth-order valence-electron chi connectivity index (χ4n) is 3.43. The van der Waals surface area contributed by atoms with E-state index >= 15 is 0 Å². The second-order valence-electron chi connectivity index (χ2n) is 8.13. The van der Waals surface area contributed by atoms with E-state index in [4.69, 9.17) is 9.47 Å². The van der Waals surface area contributed by atoms with E-state index in [9.17, 15) is 9.90 Å². The number of carbonyl (C=O) groups excluding carboxylic acids is 1. The minimum atomic E-state index is -0.559. The number of methoxy groups -OCH3 is 1. The molecule has 0 aliphatic carbocycles. The van der Waals surface area contributed by atoms with Gasteiger partial charge < -0.3 is 19.5 Å². The third-order valence-corrected chi connectivity index (χ3v) is 5.04. The van der Waals surface area contributed by atoms with Gasteiger partial charge in [0.25, 0.3) is 0 Å². The van der Waals surface area contributed by atoms with Crippen LogP contribution >= 0.6 is 0 Å². The van der Waals surface area contributed by atoms with Gasteiger partial charge in [-0.05, 0) is 45.4 Å². The second kappa shape index (κ2) is 6.87. The maximum absolute atomic E-state index is 11.8. The van der Waals surface area contributed by atoms with Crippen LogP contribution in [0.3, 0.4) is 0 Å². The first kappa shape index (κ1) is 19.6. The number of hydrogen-bond donors (Lipinski definition) is 1. The molecule has 5 heteroatoms. The molecule has 1 aliphatic rings. The number of benzene rings is 1.